The largest absolute Gasteiger partial charge is 0.467 e. The lowest BCUT2D eigenvalue weighted by Gasteiger charge is -2.13. The minimum atomic E-state index is 0.368. The Labute approximate surface area is 149 Å². The molecule has 0 radical (unpaired) electrons. The van der Waals surface area contributed by atoms with E-state index in [1.165, 1.54) is 16.7 Å². The van der Waals surface area contributed by atoms with Crippen molar-refractivity contribution >= 4 is 17.4 Å². The van der Waals surface area contributed by atoms with Gasteiger partial charge in [-0.3, -0.25) is 0 Å². The molecule has 3 heteroatoms. The summed E-state index contributed by atoms with van der Waals surface area (Å²) < 4.78 is 5.51. The maximum absolute atomic E-state index is 5.51. The number of ether oxygens (including phenoxy) is 1. The number of nitrogens with one attached hydrogen (secondary N) is 1. The fraction of sp³-hybridized carbons (Fsp3) is 0.650. The lowest BCUT2D eigenvalue weighted by molar-refractivity contribution is 0.334. The first-order chi connectivity index (χ1) is 10.8. The van der Waals surface area contributed by atoms with Gasteiger partial charge in [-0.2, -0.15) is 0 Å². The summed E-state index contributed by atoms with van der Waals surface area (Å²) in [4.78, 5) is 0. The number of hydrogen-bond acceptors (Lipinski definition) is 2. The molecular formula is C20H35NOS. The van der Waals surface area contributed by atoms with Gasteiger partial charge in [0, 0.05) is 6.04 Å². The summed E-state index contributed by atoms with van der Waals surface area (Å²) in [5, 5.41) is 3.65. The molecule has 0 heterocycles. The summed E-state index contributed by atoms with van der Waals surface area (Å²) in [7, 11) is 0. The molecule has 23 heavy (non-hydrogen) atoms. The van der Waals surface area contributed by atoms with Crippen LogP contribution in [0.15, 0.2) is 34.9 Å². The average molecular weight is 338 g/mol. The van der Waals surface area contributed by atoms with Crippen molar-refractivity contribution in [2.45, 2.75) is 79.7 Å². The fourth-order valence-electron chi connectivity index (χ4n) is 1.94. The first-order valence-electron chi connectivity index (χ1n) is 8.73. The maximum atomic E-state index is 5.51. The van der Waals surface area contributed by atoms with Gasteiger partial charge in [-0.15, -0.1) is 0 Å². The lowest BCUT2D eigenvalue weighted by Crippen LogP contribution is -2.32. The molecule has 132 valence electrons. The van der Waals surface area contributed by atoms with Crippen LogP contribution in [-0.2, 0) is 4.74 Å². The van der Waals surface area contributed by atoms with Gasteiger partial charge in [0.1, 0.15) is 6.61 Å². The highest BCUT2D eigenvalue weighted by Gasteiger charge is 2.01. The zero-order valence-corrected chi connectivity index (χ0v) is 16.7. The van der Waals surface area contributed by atoms with Crippen LogP contribution in [0.4, 0.5) is 0 Å². The second-order valence-electron chi connectivity index (χ2n) is 6.51. The molecule has 1 unspecified atom stereocenters. The highest BCUT2D eigenvalue weighted by Crippen LogP contribution is 2.11. The van der Waals surface area contributed by atoms with Crippen molar-refractivity contribution in [1.29, 1.82) is 0 Å². The molecule has 0 spiro atoms. The molecule has 2 nitrogen and oxygen atoms in total. The molecule has 0 aliphatic carbocycles. The fourth-order valence-corrected chi connectivity index (χ4v) is 2.21. The predicted molar refractivity (Wildman–Crippen MR) is 107 cm³/mol. The topological polar surface area (TPSA) is 21.3 Å². The summed E-state index contributed by atoms with van der Waals surface area (Å²) in [6, 6.07) is 0.368. The van der Waals surface area contributed by atoms with Crippen molar-refractivity contribution in [3.05, 3.63) is 34.9 Å². The first-order valence-corrected chi connectivity index (χ1v) is 9.13. The molecule has 0 saturated heterocycles. The number of thiocarbonyl (C=S) groups is 1. The minimum absolute atomic E-state index is 0.368. The van der Waals surface area contributed by atoms with Gasteiger partial charge in [0.2, 0.25) is 0 Å². The normalized spacial score (nSPS) is 13.5. The van der Waals surface area contributed by atoms with E-state index in [2.05, 4.69) is 65.1 Å². The summed E-state index contributed by atoms with van der Waals surface area (Å²) in [6.45, 7) is 13.5. The van der Waals surface area contributed by atoms with Crippen LogP contribution in [0, 0.1) is 0 Å². The van der Waals surface area contributed by atoms with E-state index in [9.17, 15) is 0 Å². The van der Waals surface area contributed by atoms with E-state index in [0.717, 1.165) is 32.1 Å². The maximum Gasteiger partial charge on any atom is 0.257 e. The van der Waals surface area contributed by atoms with Crippen LogP contribution >= 0.6 is 12.2 Å². The molecule has 0 aliphatic rings. The Morgan fingerprint density at radius 2 is 1.57 bits per heavy atom. The van der Waals surface area contributed by atoms with Crippen LogP contribution in [0.25, 0.3) is 0 Å². The summed E-state index contributed by atoms with van der Waals surface area (Å²) in [6.07, 6.45) is 12.3. The van der Waals surface area contributed by atoms with E-state index in [0.29, 0.717) is 17.8 Å². The van der Waals surface area contributed by atoms with Crippen LogP contribution in [0.1, 0.15) is 73.6 Å². The third kappa shape index (κ3) is 14.2. The quantitative estimate of drug-likeness (QED) is 0.385. The van der Waals surface area contributed by atoms with Gasteiger partial charge in [0.15, 0.2) is 0 Å². The molecule has 0 saturated carbocycles. The van der Waals surface area contributed by atoms with Crippen LogP contribution in [-0.4, -0.2) is 17.8 Å². The summed E-state index contributed by atoms with van der Waals surface area (Å²) >= 11 is 5.15. The molecule has 0 aromatic heterocycles. The molecule has 0 aliphatic heterocycles. The van der Waals surface area contributed by atoms with Crippen molar-refractivity contribution in [3.63, 3.8) is 0 Å². The zero-order chi connectivity index (χ0) is 17.7. The highest BCUT2D eigenvalue weighted by molar-refractivity contribution is 7.80. The van der Waals surface area contributed by atoms with Gasteiger partial charge >= 0.3 is 0 Å². The lowest BCUT2D eigenvalue weighted by atomic mass is 10.1. The van der Waals surface area contributed by atoms with E-state index >= 15 is 0 Å². The minimum Gasteiger partial charge on any atom is -0.467 e. The van der Waals surface area contributed by atoms with Crippen molar-refractivity contribution in [1.82, 2.24) is 5.32 Å². The SMILES string of the molecule is CCC(C)NC(=S)OC/C=C(\C)CC/C=C(\C)CCC=C(C)C. The monoisotopic (exact) mass is 337 g/mol. The molecule has 1 atom stereocenters. The van der Waals surface area contributed by atoms with E-state index in [4.69, 9.17) is 17.0 Å². The first kappa shape index (κ1) is 21.9. The van der Waals surface area contributed by atoms with Crippen molar-refractivity contribution in [3.8, 4) is 0 Å². The standard InChI is InChI=1S/C20H35NOS/c1-7-19(6)21-20(23)22-15-14-18(5)13-9-12-17(4)11-8-10-16(2)3/h10,12,14,19H,7-9,11,13,15H2,1-6H3,(H,21,23)/b17-12+,18-14+. The van der Waals surface area contributed by atoms with Crippen molar-refractivity contribution < 1.29 is 4.74 Å². The van der Waals surface area contributed by atoms with Crippen LogP contribution in [0.5, 0.6) is 0 Å². The van der Waals surface area contributed by atoms with E-state index in [1.807, 2.05) is 0 Å². The Balaban J connectivity index is 3.94. The molecule has 0 aromatic rings. The Bertz CT molecular complexity index is 431. The van der Waals surface area contributed by atoms with Crippen LogP contribution in [0.3, 0.4) is 0 Å². The Kier molecular flexibility index (Phi) is 12.7. The van der Waals surface area contributed by atoms with E-state index in [1.54, 1.807) is 0 Å². The second kappa shape index (κ2) is 13.4. The van der Waals surface area contributed by atoms with Crippen molar-refractivity contribution in [2.24, 2.45) is 0 Å². The predicted octanol–water partition coefficient (Wildman–Crippen LogP) is 6.10. The second-order valence-corrected chi connectivity index (χ2v) is 6.88. The Morgan fingerprint density at radius 1 is 1.00 bits per heavy atom. The molecule has 0 amide bonds. The zero-order valence-electron chi connectivity index (χ0n) is 15.9. The van der Waals surface area contributed by atoms with Gasteiger partial charge < -0.3 is 10.1 Å². The summed E-state index contributed by atoms with van der Waals surface area (Å²) in [5.41, 5.74) is 4.23. The van der Waals surface area contributed by atoms with Gasteiger partial charge in [-0.1, -0.05) is 35.8 Å². The molecule has 0 bridgehead atoms. The third-order valence-electron chi connectivity index (χ3n) is 3.75. The van der Waals surface area contributed by atoms with E-state index in [-0.39, 0.29) is 0 Å². The molecule has 0 fully saturated rings. The van der Waals surface area contributed by atoms with Crippen LogP contribution in [0.2, 0.25) is 0 Å². The molecule has 0 rings (SSSR count). The molecular weight excluding hydrogens is 302 g/mol. The van der Waals surface area contributed by atoms with Gasteiger partial charge in [0.25, 0.3) is 5.17 Å². The highest BCUT2D eigenvalue weighted by atomic mass is 32.1. The Morgan fingerprint density at radius 3 is 2.13 bits per heavy atom. The number of hydrogen-bond donors (Lipinski definition) is 1. The number of rotatable bonds is 10. The summed E-state index contributed by atoms with van der Waals surface area (Å²) in [5.74, 6) is 0. The van der Waals surface area contributed by atoms with E-state index < -0.39 is 0 Å². The molecule has 0 aromatic carbocycles. The average Bonchev–Trinajstić information content (AvgIpc) is 2.46. The van der Waals surface area contributed by atoms with Gasteiger partial charge in [-0.05, 0) is 85.0 Å². The van der Waals surface area contributed by atoms with Crippen LogP contribution < -0.4 is 5.32 Å². The Hall–Kier alpha value is -1.09. The number of allylic oxidation sites excluding steroid dienone is 5. The molecule has 1 N–H and O–H groups in total. The van der Waals surface area contributed by atoms with Gasteiger partial charge in [0.05, 0.1) is 0 Å². The van der Waals surface area contributed by atoms with Gasteiger partial charge in [-0.25, -0.2) is 0 Å². The smallest absolute Gasteiger partial charge is 0.257 e. The third-order valence-corrected chi connectivity index (χ3v) is 3.98. The van der Waals surface area contributed by atoms with Crippen molar-refractivity contribution in [2.75, 3.05) is 6.61 Å².